The minimum Gasteiger partial charge on any atom is -0.291 e. The predicted molar refractivity (Wildman–Crippen MR) is 98.9 cm³/mol. The first kappa shape index (κ1) is 15.9. The van der Waals surface area contributed by atoms with Crippen molar-refractivity contribution in [2.45, 2.75) is 13.0 Å². The minimum absolute atomic E-state index is 0.0352. The Morgan fingerprint density at radius 2 is 1.84 bits per heavy atom. The van der Waals surface area contributed by atoms with E-state index in [0.29, 0.717) is 17.9 Å². The van der Waals surface area contributed by atoms with E-state index in [1.165, 1.54) is 0 Å². The van der Waals surface area contributed by atoms with Crippen LogP contribution >= 0.6 is 11.3 Å². The molecule has 0 saturated heterocycles. The zero-order valence-electron chi connectivity index (χ0n) is 14.0. The van der Waals surface area contributed by atoms with E-state index in [2.05, 4.69) is 13.0 Å². The number of nitrogens with zero attached hydrogens (tertiary/aromatic N) is 3. The Balaban J connectivity index is 1.58. The summed E-state index contributed by atoms with van der Waals surface area (Å²) in [5, 5.41) is 0.995. The summed E-state index contributed by atoms with van der Waals surface area (Å²) in [5.41, 5.74) is 2.15. The van der Waals surface area contributed by atoms with Crippen LogP contribution in [0.1, 0.15) is 28.3 Å². The second kappa shape index (κ2) is 6.06. The fraction of sp³-hybridized carbons (Fsp3) is 0.211. The first-order valence-corrected chi connectivity index (χ1v) is 8.89. The maximum atomic E-state index is 12.3. The van der Waals surface area contributed by atoms with Crippen molar-refractivity contribution in [2.75, 3.05) is 18.6 Å². The maximum absolute atomic E-state index is 12.3. The van der Waals surface area contributed by atoms with Gasteiger partial charge in [0.25, 0.3) is 5.78 Å². The third-order valence-corrected chi connectivity index (χ3v) is 5.78. The Morgan fingerprint density at radius 3 is 2.64 bits per heavy atom. The third kappa shape index (κ3) is 2.63. The monoisotopic (exact) mass is 351 g/mol. The van der Waals surface area contributed by atoms with Gasteiger partial charge in [-0.05, 0) is 38.2 Å². The van der Waals surface area contributed by atoms with Gasteiger partial charge in [0.15, 0.2) is 0 Å². The predicted octanol–water partition coefficient (Wildman–Crippen LogP) is 3.48. The third-order valence-electron chi connectivity index (χ3n) is 4.57. The van der Waals surface area contributed by atoms with Gasteiger partial charge in [-0.3, -0.25) is 19.4 Å². The summed E-state index contributed by atoms with van der Waals surface area (Å²) < 4.78 is 1.15. The van der Waals surface area contributed by atoms with Gasteiger partial charge in [0.1, 0.15) is 5.01 Å². The van der Waals surface area contributed by atoms with Gasteiger partial charge in [-0.1, -0.05) is 24.3 Å². The van der Waals surface area contributed by atoms with Gasteiger partial charge in [0.05, 0.1) is 34.2 Å². The lowest BCUT2D eigenvalue weighted by Gasteiger charge is -2.28. The van der Waals surface area contributed by atoms with Crippen molar-refractivity contribution in [3.8, 4) is 0 Å². The number of fused-ring (bicyclic) bond motifs is 2. The summed E-state index contributed by atoms with van der Waals surface area (Å²) >= 11 is 1.66. The Morgan fingerprint density at radius 1 is 1.12 bits per heavy atom. The molecule has 1 aliphatic heterocycles. The van der Waals surface area contributed by atoms with E-state index in [-0.39, 0.29) is 6.04 Å². The van der Waals surface area contributed by atoms with Crippen LogP contribution in [0.15, 0.2) is 48.5 Å². The molecule has 0 unspecified atom stereocenters. The molecule has 2 aromatic carbocycles. The lowest BCUT2D eigenvalue weighted by Crippen LogP contribution is -2.40. The summed E-state index contributed by atoms with van der Waals surface area (Å²) in [5.74, 6) is -0.902. The van der Waals surface area contributed by atoms with E-state index >= 15 is 0 Å². The number of amides is 1. The molecule has 1 amide bonds. The van der Waals surface area contributed by atoms with Crippen LogP contribution in [0.25, 0.3) is 10.2 Å². The number of hydrogen-bond acceptors (Lipinski definition) is 5. The lowest BCUT2D eigenvalue weighted by molar-refractivity contribution is -0.114. The maximum Gasteiger partial charge on any atom is 0.300 e. The highest BCUT2D eigenvalue weighted by atomic mass is 32.1. The van der Waals surface area contributed by atoms with E-state index in [1.54, 1.807) is 28.4 Å². The summed E-state index contributed by atoms with van der Waals surface area (Å²) in [4.78, 5) is 32.7. The average molecular weight is 351 g/mol. The number of benzene rings is 2. The van der Waals surface area contributed by atoms with E-state index in [1.807, 2.05) is 42.3 Å². The number of carbonyl (C=O) groups is 2. The zero-order chi connectivity index (χ0) is 17.6. The molecule has 1 aliphatic rings. The van der Waals surface area contributed by atoms with Crippen molar-refractivity contribution in [1.29, 1.82) is 0 Å². The molecule has 4 rings (SSSR count). The highest BCUT2D eigenvalue weighted by Crippen LogP contribution is 2.32. The second-order valence-corrected chi connectivity index (χ2v) is 7.24. The van der Waals surface area contributed by atoms with Crippen molar-refractivity contribution in [3.05, 3.63) is 59.1 Å². The average Bonchev–Trinajstić information content (AvgIpc) is 3.17. The van der Waals surface area contributed by atoms with E-state index in [9.17, 15) is 9.59 Å². The summed E-state index contributed by atoms with van der Waals surface area (Å²) in [6.07, 6.45) is 0. The zero-order valence-corrected chi connectivity index (χ0v) is 14.8. The Labute approximate surface area is 149 Å². The van der Waals surface area contributed by atoms with Crippen molar-refractivity contribution in [1.82, 2.24) is 9.88 Å². The molecule has 0 fully saturated rings. The number of Topliss-reactive ketones (excluding diaryl/α,β-unsaturated/α-hetero) is 1. The number of aromatic nitrogens is 1. The molecule has 0 bridgehead atoms. The molecule has 3 aromatic rings. The van der Waals surface area contributed by atoms with Crippen LogP contribution in [0.5, 0.6) is 0 Å². The number of para-hydroxylation sites is 2. The largest absolute Gasteiger partial charge is 0.300 e. The highest BCUT2D eigenvalue weighted by Gasteiger charge is 2.36. The molecular formula is C19H17N3O2S. The first-order chi connectivity index (χ1) is 12.1. The number of carbonyl (C=O) groups excluding carboxylic acids is 2. The molecule has 25 heavy (non-hydrogen) atoms. The number of hydrogen-bond donors (Lipinski definition) is 0. The fourth-order valence-electron chi connectivity index (χ4n) is 2.99. The molecule has 1 atom stereocenters. The van der Waals surface area contributed by atoms with Crippen LogP contribution in [0.2, 0.25) is 0 Å². The summed E-state index contributed by atoms with van der Waals surface area (Å²) in [6.45, 7) is 2.41. The van der Waals surface area contributed by atoms with Gasteiger partial charge in [-0.25, -0.2) is 4.98 Å². The molecule has 126 valence electrons. The number of ketones is 1. The topological polar surface area (TPSA) is 53.5 Å². The summed E-state index contributed by atoms with van der Waals surface area (Å²) in [7, 11) is 1.94. The molecule has 0 radical (unpaired) electrons. The molecule has 6 heteroatoms. The normalized spacial score (nSPS) is 15.2. The van der Waals surface area contributed by atoms with E-state index in [0.717, 1.165) is 15.2 Å². The van der Waals surface area contributed by atoms with Crippen LogP contribution in [0, 0.1) is 0 Å². The molecule has 0 saturated carbocycles. The smallest absolute Gasteiger partial charge is 0.291 e. The van der Waals surface area contributed by atoms with E-state index in [4.69, 9.17) is 4.98 Å². The fourth-order valence-corrected chi connectivity index (χ4v) is 4.08. The highest BCUT2D eigenvalue weighted by molar-refractivity contribution is 7.18. The van der Waals surface area contributed by atoms with Gasteiger partial charge < -0.3 is 0 Å². The van der Waals surface area contributed by atoms with Gasteiger partial charge in [-0.2, -0.15) is 0 Å². The van der Waals surface area contributed by atoms with Crippen LogP contribution in [0.4, 0.5) is 5.69 Å². The number of anilines is 1. The van der Waals surface area contributed by atoms with Gasteiger partial charge in [0.2, 0.25) is 0 Å². The molecule has 1 aromatic heterocycles. The summed E-state index contributed by atoms with van der Waals surface area (Å²) in [6, 6.07) is 15.2. The lowest BCUT2D eigenvalue weighted by atomic mass is 10.1. The van der Waals surface area contributed by atoms with E-state index < -0.39 is 11.7 Å². The number of thiazole rings is 1. The Hall–Kier alpha value is -2.57. The molecule has 2 heterocycles. The van der Waals surface area contributed by atoms with Gasteiger partial charge >= 0.3 is 5.91 Å². The molecular weight excluding hydrogens is 334 g/mol. The standard InChI is InChI=1S/C19H17N3O2S/c1-12(18-20-14-8-4-6-10-16(14)25-18)21(2)11-22-15-9-5-3-7-13(15)17(23)19(22)24/h3-10,12H,11H2,1-2H3/t12-/m0/s1. The van der Waals surface area contributed by atoms with Crippen LogP contribution in [-0.2, 0) is 4.79 Å². The van der Waals surface area contributed by atoms with Crippen LogP contribution in [-0.4, -0.2) is 35.3 Å². The molecule has 0 N–H and O–H groups in total. The minimum atomic E-state index is -0.468. The number of rotatable bonds is 4. The van der Waals surface area contributed by atoms with Crippen molar-refractivity contribution in [3.63, 3.8) is 0 Å². The molecule has 5 nitrogen and oxygen atoms in total. The Kier molecular flexibility index (Phi) is 3.86. The van der Waals surface area contributed by atoms with Crippen LogP contribution < -0.4 is 4.90 Å². The van der Waals surface area contributed by atoms with Gasteiger partial charge in [0, 0.05) is 0 Å². The Bertz CT molecular complexity index is 948. The van der Waals surface area contributed by atoms with Gasteiger partial charge in [-0.15, -0.1) is 11.3 Å². The van der Waals surface area contributed by atoms with Crippen molar-refractivity contribution in [2.24, 2.45) is 0 Å². The second-order valence-electron chi connectivity index (χ2n) is 6.17. The molecule has 0 aliphatic carbocycles. The molecule has 0 spiro atoms. The van der Waals surface area contributed by atoms with Crippen molar-refractivity contribution >= 4 is 38.9 Å². The first-order valence-electron chi connectivity index (χ1n) is 8.07. The SMILES string of the molecule is C[C@@H](c1nc2ccccc2s1)N(C)CN1C(=O)C(=O)c2ccccc21. The van der Waals surface area contributed by atoms with Crippen LogP contribution in [0.3, 0.4) is 0 Å². The quantitative estimate of drug-likeness (QED) is 0.676. The van der Waals surface area contributed by atoms with Crippen molar-refractivity contribution < 1.29 is 9.59 Å².